The van der Waals surface area contributed by atoms with Crippen LogP contribution in [0.5, 0.6) is 0 Å². The molecule has 0 saturated carbocycles. The van der Waals surface area contributed by atoms with Gasteiger partial charge in [-0.2, -0.15) is 0 Å². The van der Waals surface area contributed by atoms with E-state index in [2.05, 4.69) is 0 Å². The lowest BCUT2D eigenvalue weighted by Gasteiger charge is -2.31. The van der Waals surface area contributed by atoms with Crippen LogP contribution in [-0.2, 0) is 4.74 Å². The van der Waals surface area contributed by atoms with Crippen LogP contribution in [0.4, 0.5) is 4.79 Å². The van der Waals surface area contributed by atoms with Gasteiger partial charge in [0.2, 0.25) is 0 Å². The number of aliphatic hydroxyl groups excluding tert-OH is 1. The van der Waals surface area contributed by atoms with Gasteiger partial charge in [0.05, 0.1) is 12.6 Å². The van der Waals surface area contributed by atoms with Gasteiger partial charge < -0.3 is 14.7 Å². The molecule has 0 aromatic heterocycles. The molecule has 0 aliphatic carbocycles. The molecule has 4 nitrogen and oxygen atoms in total. The van der Waals surface area contributed by atoms with Crippen LogP contribution in [-0.4, -0.2) is 34.3 Å². The van der Waals surface area contributed by atoms with Crippen molar-refractivity contribution in [3.05, 3.63) is 34.9 Å². The molecule has 0 heterocycles. The third kappa shape index (κ3) is 5.94. The minimum atomic E-state index is -0.807. The summed E-state index contributed by atoms with van der Waals surface area (Å²) in [5.74, 6) is 0. The highest BCUT2D eigenvalue weighted by Gasteiger charge is 2.26. The Bertz CT molecular complexity index is 483. The normalized spacial score (nSPS) is 13.1. The molecule has 0 bridgehead atoms. The zero-order valence-corrected chi connectivity index (χ0v) is 14.0. The fraction of sp³-hybridized carbons (Fsp3) is 0.562. The predicted molar refractivity (Wildman–Crippen MR) is 84.5 cm³/mol. The molecule has 118 valence electrons. The van der Waals surface area contributed by atoms with Crippen LogP contribution in [0.25, 0.3) is 0 Å². The zero-order chi connectivity index (χ0) is 16.2. The van der Waals surface area contributed by atoms with Crippen molar-refractivity contribution in [3.8, 4) is 0 Å². The molecule has 0 fully saturated rings. The van der Waals surface area contributed by atoms with Crippen LogP contribution >= 0.6 is 11.6 Å². The molecule has 0 radical (unpaired) electrons. The molecule has 0 unspecified atom stereocenters. The fourth-order valence-electron chi connectivity index (χ4n) is 1.82. The predicted octanol–water partition coefficient (Wildman–Crippen LogP) is 4.02. The number of nitrogens with zero attached hydrogens (tertiary/aromatic N) is 1. The summed E-state index contributed by atoms with van der Waals surface area (Å²) >= 11 is 5.92. The Balaban J connectivity index is 2.81. The molecule has 1 amide bonds. The number of carbonyl (C=O) groups excluding carboxylic acids is 1. The summed E-state index contributed by atoms with van der Waals surface area (Å²) in [6.45, 7) is 9.38. The van der Waals surface area contributed by atoms with Gasteiger partial charge in [-0.1, -0.05) is 23.7 Å². The maximum absolute atomic E-state index is 12.2. The van der Waals surface area contributed by atoms with Crippen LogP contribution in [0.2, 0.25) is 5.02 Å². The Kier molecular flexibility index (Phi) is 6.05. The Morgan fingerprint density at radius 2 is 2.00 bits per heavy atom. The minimum absolute atomic E-state index is 0.0753. The van der Waals surface area contributed by atoms with Crippen molar-refractivity contribution in [1.29, 1.82) is 0 Å². The van der Waals surface area contributed by atoms with E-state index >= 15 is 0 Å². The fourth-order valence-corrected chi connectivity index (χ4v) is 2.02. The van der Waals surface area contributed by atoms with Crippen molar-refractivity contribution in [1.82, 2.24) is 4.90 Å². The van der Waals surface area contributed by atoms with Crippen molar-refractivity contribution in [2.75, 3.05) is 6.54 Å². The Labute approximate surface area is 131 Å². The molecule has 1 N–H and O–H groups in total. The zero-order valence-electron chi connectivity index (χ0n) is 13.3. The molecule has 1 aromatic rings. The van der Waals surface area contributed by atoms with Crippen molar-refractivity contribution >= 4 is 17.7 Å². The van der Waals surface area contributed by atoms with Gasteiger partial charge in [0.25, 0.3) is 0 Å². The summed E-state index contributed by atoms with van der Waals surface area (Å²) in [5.41, 5.74) is 0.113. The third-order valence-electron chi connectivity index (χ3n) is 2.85. The van der Waals surface area contributed by atoms with Crippen molar-refractivity contribution < 1.29 is 14.6 Å². The molecular weight excluding hydrogens is 290 g/mol. The number of rotatable bonds is 4. The summed E-state index contributed by atoms with van der Waals surface area (Å²) in [5, 5.41) is 10.9. The van der Waals surface area contributed by atoms with Gasteiger partial charge in [0, 0.05) is 11.1 Å². The first-order valence-electron chi connectivity index (χ1n) is 7.03. The van der Waals surface area contributed by atoms with Crippen LogP contribution in [0, 0.1) is 0 Å². The smallest absolute Gasteiger partial charge is 0.410 e. The van der Waals surface area contributed by atoms with E-state index in [1.165, 1.54) is 4.90 Å². The molecule has 5 heteroatoms. The second kappa shape index (κ2) is 7.14. The molecule has 0 aliphatic heterocycles. The third-order valence-corrected chi connectivity index (χ3v) is 3.09. The van der Waals surface area contributed by atoms with Gasteiger partial charge >= 0.3 is 6.09 Å². The largest absolute Gasteiger partial charge is 0.444 e. The first kappa shape index (κ1) is 17.8. The maximum Gasteiger partial charge on any atom is 0.410 e. The number of benzene rings is 1. The number of aliphatic hydroxyl groups is 1. The van der Waals surface area contributed by atoms with E-state index in [9.17, 15) is 9.90 Å². The van der Waals surface area contributed by atoms with Crippen LogP contribution in [0.15, 0.2) is 24.3 Å². The molecule has 21 heavy (non-hydrogen) atoms. The lowest BCUT2D eigenvalue weighted by atomic mass is 10.1. The van der Waals surface area contributed by atoms with Crippen molar-refractivity contribution in [2.45, 2.75) is 52.4 Å². The summed E-state index contributed by atoms with van der Waals surface area (Å²) in [6, 6.07) is 6.91. The number of ether oxygens (including phenoxy) is 1. The average molecular weight is 314 g/mol. The van der Waals surface area contributed by atoms with Gasteiger partial charge in [-0.25, -0.2) is 4.79 Å². The van der Waals surface area contributed by atoms with Crippen LogP contribution in [0.3, 0.4) is 0 Å². The van der Waals surface area contributed by atoms with Gasteiger partial charge in [-0.05, 0) is 52.3 Å². The second-order valence-electron chi connectivity index (χ2n) is 6.30. The first-order chi connectivity index (χ1) is 9.60. The van der Waals surface area contributed by atoms with E-state index in [4.69, 9.17) is 16.3 Å². The van der Waals surface area contributed by atoms with Crippen molar-refractivity contribution in [3.63, 3.8) is 0 Å². The molecule has 0 aliphatic rings. The lowest BCUT2D eigenvalue weighted by molar-refractivity contribution is 0.00726. The summed E-state index contributed by atoms with van der Waals surface area (Å²) in [6.07, 6.45) is -1.24. The number of hydrogen-bond donors (Lipinski definition) is 1. The van der Waals surface area contributed by atoms with Crippen LogP contribution in [0.1, 0.15) is 46.3 Å². The molecule has 1 rings (SSSR count). The van der Waals surface area contributed by atoms with E-state index in [1.54, 1.807) is 24.3 Å². The van der Waals surface area contributed by atoms with Gasteiger partial charge in [-0.15, -0.1) is 0 Å². The van der Waals surface area contributed by atoms with Gasteiger partial charge in [0.15, 0.2) is 0 Å². The van der Waals surface area contributed by atoms with E-state index in [0.29, 0.717) is 10.6 Å². The molecule has 1 aromatic carbocycles. The summed E-state index contributed by atoms with van der Waals surface area (Å²) in [4.78, 5) is 13.7. The summed E-state index contributed by atoms with van der Waals surface area (Å²) in [7, 11) is 0. The highest BCUT2D eigenvalue weighted by atomic mass is 35.5. The lowest BCUT2D eigenvalue weighted by Crippen LogP contribution is -2.43. The molecular formula is C16H24ClNO3. The highest BCUT2D eigenvalue weighted by molar-refractivity contribution is 6.30. The Hall–Kier alpha value is -1.26. The standard InChI is InChI=1S/C16H24ClNO3/c1-11(2)18(15(20)21-16(3,4)5)10-14(19)12-7-6-8-13(17)9-12/h6-9,11,14,19H,10H2,1-5H3/t14-/m0/s1. The topological polar surface area (TPSA) is 49.8 Å². The van der Waals surface area contributed by atoms with Crippen molar-refractivity contribution in [2.24, 2.45) is 0 Å². The molecule has 1 atom stereocenters. The SMILES string of the molecule is CC(C)N(C[C@H](O)c1cccc(Cl)c1)C(=O)OC(C)(C)C. The highest BCUT2D eigenvalue weighted by Crippen LogP contribution is 2.21. The number of hydrogen-bond acceptors (Lipinski definition) is 3. The monoisotopic (exact) mass is 313 g/mol. The Morgan fingerprint density at radius 1 is 1.38 bits per heavy atom. The van der Waals surface area contributed by atoms with E-state index < -0.39 is 17.8 Å². The number of carbonyl (C=O) groups is 1. The quantitative estimate of drug-likeness (QED) is 0.913. The summed E-state index contributed by atoms with van der Waals surface area (Å²) < 4.78 is 5.37. The Morgan fingerprint density at radius 3 is 2.48 bits per heavy atom. The van der Waals surface area contributed by atoms with E-state index in [-0.39, 0.29) is 12.6 Å². The van der Waals surface area contributed by atoms with E-state index in [0.717, 1.165) is 0 Å². The first-order valence-corrected chi connectivity index (χ1v) is 7.41. The molecule has 0 spiro atoms. The maximum atomic E-state index is 12.2. The second-order valence-corrected chi connectivity index (χ2v) is 6.73. The van der Waals surface area contributed by atoms with E-state index in [1.807, 2.05) is 34.6 Å². The van der Waals surface area contributed by atoms with Gasteiger partial charge in [0.1, 0.15) is 5.60 Å². The average Bonchev–Trinajstić information content (AvgIpc) is 2.32. The minimum Gasteiger partial charge on any atom is -0.444 e. The van der Waals surface area contributed by atoms with Gasteiger partial charge in [-0.3, -0.25) is 0 Å². The number of amides is 1. The number of halogens is 1. The molecule has 0 saturated heterocycles. The van der Waals surface area contributed by atoms with Crippen LogP contribution < -0.4 is 0 Å².